The summed E-state index contributed by atoms with van der Waals surface area (Å²) < 4.78 is 24.2. The highest BCUT2D eigenvalue weighted by Crippen LogP contribution is 2.18. The third-order valence-corrected chi connectivity index (χ3v) is 2.87. The van der Waals surface area contributed by atoms with E-state index in [1.165, 1.54) is 6.26 Å². The van der Waals surface area contributed by atoms with E-state index in [0.29, 0.717) is 0 Å². The molecule has 0 aromatic carbocycles. The summed E-state index contributed by atoms with van der Waals surface area (Å²) in [5, 5.41) is 0. The Hall–Kier alpha value is -0.130. The number of rotatable bonds is 2. The fourth-order valence-electron chi connectivity index (χ4n) is 1.51. The minimum atomic E-state index is -3.05. The van der Waals surface area contributed by atoms with Crippen LogP contribution in [0.25, 0.3) is 0 Å². The molecule has 0 unspecified atom stereocenters. The van der Waals surface area contributed by atoms with Gasteiger partial charge in [-0.1, -0.05) is 0 Å². The zero-order valence-electron chi connectivity index (χ0n) is 7.21. The largest absolute Gasteiger partial charge is 0.255 e. The summed E-state index contributed by atoms with van der Waals surface area (Å²) in [6, 6.07) is 0.0872. The van der Waals surface area contributed by atoms with Gasteiger partial charge in [0.05, 0.1) is 6.26 Å². The molecule has 1 aliphatic carbocycles. The fraction of sp³-hybridized carbons (Fsp3) is 1.00. The molecule has 0 aromatic rings. The van der Waals surface area contributed by atoms with Gasteiger partial charge in [0.25, 0.3) is 0 Å². The average Bonchev–Trinajstić information content (AvgIpc) is 1.91. The van der Waals surface area contributed by atoms with E-state index in [2.05, 4.69) is 4.72 Å². The number of hydrogen-bond donors (Lipinski definition) is 1. The molecule has 2 N–H and O–H groups in total. The third-order valence-electron chi connectivity index (χ3n) is 2.11. The van der Waals surface area contributed by atoms with Gasteiger partial charge < -0.3 is 0 Å². The molecule has 0 atom stereocenters. The molecule has 71 valence electrons. The lowest BCUT2D eigenvalue weighted by Gasteiger charge is -2.25. The van der Waals surface area contributed by atoms with Gasteiger partial charge in [-0.2, -0.15) is 0 Å². The van der Waals surface area contributed by atoms with Crippen LogP contribution >= 0.6 is 0 Å². The van der Waals surface area contributed by atoms with Gasteiger partial charge in [-0.25, -0.2) is 13.1 Å². The topological polar surface area (TPSA) is 70.0 Å². The molecule has 1 fully saturated rings. The normalized spacial score (nSPS) is 31.8. The zero-order chi connectivity index (χ0) is 9.19. The minimum absolute atomic E-state index is 0.0163. The van der Waals surface area contributed by atoms with Crippen molar-refractivity contribution in [3.8, 4) is 0 Å². The van der Waals surface area contributed by atoms with Crippen molar-refractivity contribution in [2.24, 2.45) is 0 Å². The first-order valence-electron chi connectivity index (χ1n) is 4.16. The first kappa shape index (κ1) is 9.95. The Morgan fingerprint density at radius 2 is 1.75 bits per heavy atom. The first-order chi connectivity index (χ1) is 5.47. The van der Waals surface area contributed by atoms with Crippen molar-refractivity contribution in [2.75, 3.05) is 6.26 Å². The maximum atomic E-state index is 10.8. The number of sulfonamides is 1. The van der Waals surface area contributed by atoms with Crippen molar-refractivity contribution in [1.82, 2.24) is 10.5 Å². The number of hydrogen-bond acceptors (Lipinski definition) is 2. The SMILES string of the molecule is CS(=O)(=O)N[C@H]1CC[C@H]([NH])CC1. The van der Waals surface area contributed by atoms with E-state index in [1.54, 1.807) is 0 Å². The molecule has 0 aliphatic heterocycles. The summed E-state index contributed by atoms with van der Waals surface area (Å²) in [7, 11) is -3.05. The predicted molar refractivity (Wildman–Crippen MR) is 47.1 cm³/mol. The Labute approximate surface area is 73.6 Å². The van der Waals surface area contributed by atoms with Gasteiger partial charge in [0, 0.05) is 12.1 Å². The summed E-state index contributed by atoms with van der Waals surface area (Å²) in [5.74, 6) is 0. The Morgan fingerprint density at radius 3 is 2.17 bits per heavy atom. The zero-order valence-corrected chi connectivity index (χ0v) is 8.02. The van der Waals surface area contributed by atoms with Crippen molar-refractivity contribution in [1.29, 1.82) is 0 Å². The minimum Gasteiger partial charge on any atom is -0.255 e. The molecule has 0 spiro atoms. The van der Waals surface area contributed by atoms with Gasteiger partial charge in [-0.15, -0.1) is 0 Å². The molecule has 0 bridgehead atoms. The van der Waals surface area contributed by atoms with Crippen LogP contribution in [0.15, 0.2) is 0 Å². The quantitative estimate of drug-likeness (QED) is 0.674. The second-order valence-electron chi connectivity index (χ2n) is 3.44. The van der Waals surface area contributed by atoms with Crippen LogP contribution in [0.1, 0.15) is 25.7 Å². The van der Waals surface area contributed by atoms with Gasteiger partial charge in [-0.05, 0) is 25.7 Å². The Morgan fingerprint density at radius 1 is 1.25 bits per heavy atom. The lowest BCUT2D eigenvalue weighted by molar-refractivity contribution is 0.368. The van der Waals surface area contributed by atoms with E-state index in [4.69, 9.17) is 5.73 Å². The molecular formula is C7H15N2O2S. The van der Waals surface area contributed by atoms with Crippen LogP contribution in [0.5, 0.6) is 0 Å². The first-order valence-corrected chi connectivity index (χ1v) is 6.05. The van der Waals surface area contributed by atoms with Gasteiger partial charge in [0.1, 0.15) is 0 Å². The highest BCUT2D eigenvalue weighted by atomic mass is 32.2. The summed E-state index contributed by atoms with van der Waals surface area (Å²) in [6.45, 7) is 0. The van der Waals surface area contributed by atoms with E-state index in [9.17, 15) is 8.42 Å². The van der Waals surface area contributed by atoms with Crippen LogP contribution in [-0.2, 0) is 10.0 Å². The summed E-state index contributed by atoms with van der Waals surface area (Å²) in [4.78, 5) is 0. The lowest BCUT2D eigenvalue weighted by atomic mass is 9.93. The van der Waals surface area contributed by atoms with Crippen molar-refractivity contribution >= 4 is 10.0 Å². The maximum absolute atomic E-state index is 10.8. The molecule has 0 saturated heterocycles. The molecule has 1 rings (SSSR count). The average molecular weight is 191 g/mol. The molecule has 1 radical (unpaired) electrons. The van der Waals surface area contributed by atoms with E-state index < -0.39 is 10.0 Å². The summed E-state index contributed by atoms with van der Waals surface area (Å²) >= 11 is 0. The molecule has 0 heterocycles. The van der Waals surface area contributed by atoms with E-state index in [1.807, 2.05) is 0 Å². The Bertz CT molecular complexity index is 230. The van der Waals surface area contributed by atoms with Gasteiger partial charge >= 0.3 is 0 Å². The van der Waals surface area contributed by atoms with Crippen molar-refractivity contribution in [3.05, 3.63) is 0 Å². The monoisotopic (exact) mass is 191 g/mol. The molecule has 1 aliphatic rings. The Balaban J connectivity index is 2.36. The lowest BCUT2D eigenvalue weighted by Crippen LogP contribution is -2.38. The van der Waals surface area contributed by atoms with Crippen molar-refractivity contribution in [2.45, 2.75) is 37.8 Å². The maximum Gasteiger partial charge on any atom is 0.208 e. The van der Waals surface area contributed by atoms with E-state index in [-0.39, 0.29) is 12.1 Å². The molecule has 5 heteroatoms. The molecule has 0 aromatic heterocycles. The van der Waals surface area contributed by atoms with Crippen LogP contribution in [0, 0.1) is 0 Å². The summed E-state index contributed by atoms with van der Waals surface area (Å²) in [6.07, 6.45) is 4.42. The highest BCUT2D eigenvalue weighted by Gasteiger charge is 2.20. The highest BCUT2D eigenvalue weighted by molar-refractivity contribution is 7.88. The standard InChI is InChI=1S/C7H15N2O2S/c1-12(10,11)9-7-4-2-6(8)3-5-7/h6-9H,2-5H2,1H3/t6-,7-. The second-order valence-corrected chi connectivity index (χ2v) is 5.22. The number of nitrogens with one attached hydrogen (secondary N) is 2. The van der Waals surface area contributed by atoms with Gasteiger partial charge in [-0.3, -0.25) is 5.73 Å². The molecule has 0 amide bonds. The molecule has 12 heavy (non-hydrogen) atoms. The predicted octanol–water partition coefficient (Wildman–Crippen LogP) is 0.130. The second kappa shape index (κ2) is 3.72. The Kier molecular flexibility index (Phi) is 3.09. The van der Waals surface area contributed by atoms with Crippen LogP contribution < -0.4 is 10.5 Å². The van der Waals surface area contributed by atoms with E-state index >= 15 is 0 Å². The van der Waals surface area contributed by atoms with Crippen LogP contribution in [-0.4, -0.2) is 26.8 Å². The van der Waals surface area contributed by atoms with Crippen LogP contribution in [0.2, 0.25) is 0 Å². The smallest absolute Gasteiger partial charge is 0.208 e. The van der Waals surface area contributed by atoms with Gasteiger partial charge in [0.15, 0.2) is 0 Å². The molecule has 1 saturated carbocycles. The fourth-order valence-corrected chi connectivity index (χ4v) is 2.36. The van der Waals surface area contributed by atoms with Crippen molar-refractivity contribution in [3.63, 3.8) is 0 Å². The van der Waals surface area contributed by atoms with Gasteiger partial charge in [0.2, 0.25) is 10.0 Å². The van der Waals surface area contributed by atoms with Crippen LogP contribution in [0.4, 0.5) is 0 Å². The summed E-state index contributed by atoms with van der Waals surface area (Å²) in [5.41, 5.74) is 7.42. The third kappa shape index (κ3) is 3.51. The molecule has 4 nitrogen and oxygen atoms in total. The van der Waals surface area contributed by atoms with E-state index in [0.717, 1.165) is 25.7 Å². The van der Waals surface area contributed by atoms with Crippen LogP contribution in [0.3, 0.4) is 0 Å². The molecular weight excluding hydrogens is 176 g/mol. The van der Waals surface area contributed by atoms with Crippen molar-refractivity contribution < 1.29 is 8.42 Å².